The highest BCUT2D eigenvalue weighted by Gasteiger charge is 2.22. The van der Waals surface area contributed by atoms with Crippen LogP contribution >= 0.6 is 0 Å². The molecule has 0 spiro atoms. The summed E-state index contributed by atoms with van der Waals surface area (Å²) in [5.74, 6) is 0.613. The van der Waals surface area contributed by atoms with Crippen LogP contribution in [0, 0.1) is 0 Å². The molecule has 0 aliphatic rings. The molecule has 502 valence electrons. The van der Waals surface area contributed by atoms with Gasteiger partial charge in [0.1, 0.15) is 33.5 Å². The second-order valence-corrected chi connectivity index (χ2v) is 28.4. The Morgan fingerprint density at radius 2 is 0.463 bits per heavy atom. The minimum absolute atomic E-state index is 0.613. The van der Waals surface area contributed by atoms with Gasteiger partial charge in [0.25, 0.3) is 0 Å². The first-order valence-corrected chi connectivity index (χ1v) is 36.6. The highest BCUT2D eigenvalue weighted by atomic mass is 16.3. The van der Waals surface area contributed by atoms with Crippen molar-refractivity contribution in [1.82, 2.24) is 23.7 Å². The number of nitrogens with zero attached hydrogens (tertiary/aromatic N) is 5. The Morgan fingerprint density at radius 1 is 0.167 bits per heavy atom. The molecule has 108 heavy (non-hydrogen) atoms. The van der Waals surface area contributed by atoms with Gasteiger partial charge in [-0.05, 0) is 178 Å². The molecule has 16 aromatic carbocycles. The van der Waals surface area contributed by atoms with E-state index in [2.05, 4.69) is 335 Å². The van der Waals surface area contributed by atoms with Crippen molar-refractivity contribution in [2.45, 2.75) is 0 Å². The van der Waals surface area contributed by atoms with Gasteiger partial charge in [-0.3, -0.25) is 0 Å². The lowest BCUT2D eigenvalue weighted by Crippen LogP contribution is -1.99. The van der Waals surface area contributed by atoms with Crippen molar-refractivity contribution in [3.8, 4) is 95.5 Å². The second kappa shape index (κ2) is 23.5. The lowest BCUT2D eigenvalue weighted by molar-refractivity contribution is 0.668. The molecule has 0 N–H and O–H groups in total. The fourth-order valence-corrected chi connectivity index (χ4v) is 17.1. The van der Waals surface area contributed by atoms with Crippen LogP contribution < -0.4 is 0 Å². The minimum atomic E-state index is 0.613. The van der Waals surface area contributed by atoms with Gasteiger partial charge in [0, 0.05) is 98.4 Å². The minimum Gasteiger partial charge on any atom is -0.456 e. The predicted molar refractivity (Wildman–Crippen MR) is 445 cm³/mol. The van der Waals surface area contributed by atoms with Crippen LogP contribution in [0.25, 0.3) is 227 Å². The third-order valence-electron chi connectivity index (χ3n) is 22.3. The smallest absolute Gasteiger partial charge is 0.160 e. The number of aromatic nitrogens is 5. The first-order chi connectivity index (χ1) is 53.5. The Bertz CT molecular complexity index is 7390. The molecule has 0 unspecified atom stereocenters. The standard InChI is InChI=1S/C100H59N5O3/c1-7-25-88-74(19-1)77-45-37-63(66-40-48-83-80-22-4-10-28-94(80)106-97(83)56-66)53-91(77)103(88)71-43-35-61(36-44-71)60-31-33-62(34-32-60)86-59-87(69-15-13-17-72(51-69)104-89-26-8-2-20-75(89)78-46-38-64(54-92(78)104)67-41-49-84-81-23-5-11-29-95(81)107-98(84)57-67)102-100(101-86)70-16-14-18-73(52-70)105-90-27-9-3-21-76(90)79-47-39-65(55-93(79)105)68-42-50-85-82-24-6-12-30-96(82)108-99(85)58-68/h1-59H. The molecule has 23 aromatic rings. The third-order valence-corrected chi connectivity index (χ3v) is 22.3. The SMILES string of the molecule is c1cc(-c2cc(-c3ccc(-c4ccc(-n5c6ccccc6c6ccc(-c7ccc8c(c7)oc7ccccc78)cc65)cc4)cc3)nc(-c3cccc(-n4c5ccccc5c5ccc(-c6ccc7c(c6)oc6ccccc67)cc54)c3)n2)cc(-n2c3ccccc3c3ccc(-c4ccc5c(c4)oc4ccccc45)cc32)c1. The summed E-state index contributed by atoms with van der Waals surface area (Å²) in [5, 5.41) is 13.8. The zero-order chi connectivity index (χ0) is 70.7. The average Bonchev–Trinajstić information content (AvgIpc) is 1.60. The van der Waals surface area contributed by atoms with Crippen LogP contribution in [0.5, 0.6) is 0 Å². The van der Waals surface area contributed by atoms with E-state index in [0.717, 1.165) is 189 Å². The maximum Gasteiger partial charge on any atom is 0.160 e. The van der Waals surface area contributed by atoms with Crippen molar-refractivity contribution in [1.29, 1.82) is 0 Å². The lowest BCUT2D eigenvalue weighted by atomic mass is 10.0. The quantitative estimate of drug-likeness (QED) is 0.136. The van der Waals surface area contributed by atoms with Gasteiger partial charge in [0.05, 0.1) is 44.5 Å². The molecule has 0 fully saturated rings. The highest BCUT2D eigenvalue weighted by molar-refractivity contribution is 6.15. The van der Waals surface area contributed by atoms with Gasteiger partial charge in [-0.25, -0.2) is 9.97 Å². The fourth-order valence-electron chi connectivity index (χ4n) is 17.1. The second-order valence-electron chi connectivity index (χ2n) is 28.4. The Hall–Kier alpha value is -14.6. The summed E-state index contributed by atoms with van der Waals surface area (Å²) in [6.07, 6.45) is 0. The molecule has 8 heteroatoms. The van der Waals surface area contributed by atoms with E-state index in [1.54, 1.807) is 0 Å². The van der Waals surface area contributed by atoms with Crippen LogP contribution in [0.4, 0.5) is 0 Å². The molecule has 7 heterocycles. The number of rotatable bonds is 10. The van der Waals surface area contributed by atoms with Crippen LogP contribution in [0.2, 0.25) is 0 Å². The summed E-state index contributed by atoms with van der Waals surface area (Å²) in [5.41, 5.74) is 28.4. The van der Waals surface area contributed by atoms with Gasteiger partial charge in [0.15, 0.2) is 5.82 Å². The lowest BCUT2D eigenvalue weighted by Gasteiger charge is -2.14. The highest BCUT2D eigenvalue weighted by Crippen LogP contribution is 2.44. The molecule has 0 bridgehead atoms. The van der Waals surface area contributed by atoms with Gasteiger partial charge in [-0.1, -0.05) is 224 Å². The van der Waals surface area contributed by atoms with E-state index in [9.17, 15) is 0 Å². The van der Waals surface area contributed by atoms with Crippen molar-refractivity contribution in [3.05, 3.63) is 358 Å². The van der Waals surface area contributed by atoms with Gasteiger partial charge in [0.2, 0.25) is 0 Å². The van der Waals surface area contributed by atoms with E-state index in [0.29, 0.717) is 5.82 Å². The van der Waals surface area contributed by atoms with Crippen molar-refractivity contribution >= 4 is 131 Å². The molecule has 0 atom stereocenters. The molecule has 0 aliphatic heterocycles. The fraction of sp³-hybridized carbons (Fsp3) is 0. The number of furan rings is 3. The monoisotopic (exact) mass is 1380 g/mol. The van der Waals surface area contributed by atoms with Crippen LogP contribution in [0.1, 0.15) is 0 Å². The first kappa shape index (κ1) is 59.9. The van der Waals surface area contributed by atoms with E-state index < -0.39 is 0 Å². The molecule has 7 aromatic heterocycles. The molecular formula is C100H59N5O3. The summed E-state index contributed by atoms with van der Waals surface area (Å²) in [6.45, 7) is 0. The molecule has 0 saturated carbocycles. The van der Waals surface area contributed by atoms with Crippen LogP contribution in [-0.2, 0) is 0 Å². The Kier molecular flexibility index (Phi) is 13.0. The average molecular weight is 1380 g/mol. The number of benzene rings is 16. The first-order valence-electron chi connectivity index (χ1n) is 36.6. The van der Waals surface area contributed by atoms with E-state index in [1.165, 1.54) is 32.3 Å². The molecule has 0 amide bonds. The Labute approximate surface area is 617 Å². The van der Waals surface area contributed by atoms with Crippen LogP contribution in [0.3, 0.4) is 0 Å². The topological polar surface area (TPSA) is 80.0 Å². The van der Waals surface area contributed by atoms with Gasteiger partial charge < -0.3 is 27.0 Å². The summed E-state index contributed by atoms with van der Waals surface area (Å²) >= 11 is 0. The third kappa shape index (κ3) is 9.43. The van der Waals surface area contributed by atoms with E-state index in [4.69, 9.17) is 23.2 Å². The maximum atomic E-state index is 6.42. The molecule has 23 rings (SSSR count). The van der Waals surface area contributed by atoms with Crippen LogP contribution in [-0.4, -0.2) is 23.7 Å². The van der Waals surface area contributed by atoms with Crippen LogP contribution in [0.15, 0.2) is 371 Å². The number of hydrogen-bond acceptors (Lipinski definition) is 5. The van der Waals surface area contributed by atoms with E-state index in [1.807, 2.05) is 36.4 Å². The van der Waals surface area contributed by atoms with Gasteiger partial charge in [-0.2, -0.15) is 0 Å². The summed E-state index contributed by atoms with van der Waals surface area (Å²) in [7, 11) is 0. The molecule has 0 aliphatic carbocycles. The van der Waals surface area contributed by atoms with Crippen molar-refractivity contribution in [2.24, 2.45) is 0 Å². The number of para-hydroxylation sites is 6. The van der Waals surface area contributed by atoms with E-state index in [-0.39, 0.29) is 0 Å². The summed E-state index contributed by atoms with van der Waals surface area (Å²) < 4.78 is 26.4. The number of hydrogen-bond donors (Lipinski definition) is 0. The summed E-state index contributed by atoms with van der Waals surface area (Å²) in [6, 6.07) is 129. The molecule has 0 saturated heterocycles. The summed E-state index contributed by atoms with van der Waals surface area (Å²) in [4.78, 5) is 11.2. The normalized spacial score (nSPS) is 12.1. The van der Waals surface area contributed by atoms with Crippen molar-refractivity contribution < 1.29 is 13.3 Å². The van der Waals surface area contributed by atoms with Crippen molar-refractivity contribution in [3.63, 3.8) is 0 Å². The predicted octanol–water partition coefficient (Wildman–Crippen LogP) is 27.1. The zero-order valence-electron chi connectivity index (χ0n) is 58.0. The van der Waals surface area contributed by atoms with Crippen molar-refractivity contribution in [2.75, 3.05) is 0 Å². The molecular weight excluding hydrogens is 1320 g/mol. The molecule has 8 nitrogen and oxygen atoms in total. The Balaban J connectivity index is 0.636. The van der Waals surface area contributed by atoms with Gasteiger partial charge >= 0.3 is 0 Å². The van der Waals surface area contributed by atoms with Gasteiger partial charge in [-0.15, -0.1) is 0 Å². The zero-order valence-corrected chi connectivity index (χ0v) is 58.0. The van der Waals surface area contributed by atoms with E-state index >= 15 is 0 Å². The molecule has 0 radical (unpaired) electrons. The largest absolute Gasteiger partial charge is 0.456 e. The maximum absolute atomic E-state index is 6.42. The Morgan fingerprint density at radius 3 is 0.889 bits per heavy atom. The number of fused-ring (bicyclic) bond motifs is 18.